The smallest absolute Gasteiger partial charge is 0.167 e. The van der Waals surface area contributed by atoms with Crippen molar-refractivity contribution in [3.63, 3.8) is 0 Å². The summed E-state index contributed by atoms with van der Waals surface area (Å²) in [6.07, 6.45) is -0.312. The van der Waals surface area contributed by atoms with Gasteiger partial charge in [-0.05, 0) is 0 Å². The molecule has 8 nitrogen and oxygen atoms in total. The molecule has 0 bridgehead atoms. The van der Waals surface area contributed by atoms with Gasteiger partial charge < -0.3 is 20.7 Å². The highest BCUT2D eigenvalue weighted by molar-refractivity contribution is 14.1. The molecule has 19 heavy (non-hydrogen) atoms. The third-order valence-electron chi connectivity index (χ3n) is 3.15. The fourth-order valence-corrected chi connectivity index (χ4v) is 2.87. The Bertz CT molecular complexity index is 606. The molecule has 0 aromatic carbocycles. The molecule has 1 fully saturated rings. The molecule has 2 aromatic heterocycles. The zero-order valence-corrected chi connectivity index (χ0v) is 11.9. The second-order valence-electron chi connectivity index (χ2n) is 4.28. The van der Waals surface area contributed by atoms with Crippen LogP contribution in [0.25, 0.3) is 11.2 Å². The molecule has 1 aliphatic rings. The van der Waals surface area contributed by atoms with Crippen LogP contribution in [-0.2, 0) is 4.74 Å². The predicted molar refractivity (Wildman–Crippen MR) is 74.5 cm³/mol. The van der Waals surface area contributed by atoms with Crippen LogP contribution in [0.15, 0.2) is 12.7 Å². The molecule has 0 aliphatic carbocycles. The van der Waals surface area contributed by atoms with Gasteiger partial charge in [0.25, 0.3) is 0 Å². The molecule has 1 aliphatic heterocycles. The Hall–Kier alpha value is -1.04. The largest absolute Gasteiger partial charge is 0.387 e. The quantitative estimate of drug-likeness (QED) is 0.475. The number of aliphatic hydroxyl groups is 2. The Morgan fingerprint density at radius 1 is 1.32 bits per heavy atom. The molecule has 0 saturated carbocycles. The molecule has 0 radical (unpaired) electrons. The molecule has 4 N–H and O–H groups in total. The lowest BCUT2D eigenvalue weighted by atomic mass is 10.1. The minimum Gasteiger partial charge on any atom is -0.387 e. The third kappa shape index (κ3) is 1.96. The van der Waals surface area contributed by atoms with Crippen molar-refractivity contribution in [3.05, 3.63) is 12.7 Å². The van der Waals surface area contributed by atoms with Gasteiger partial charge in [-0.2, -0.15) is 0 Å². The van der Waals surface area contributed by atoms with Gasteiger partial charge in [0.05, 0.1) is 12.4 Å². The Kier molecular flexibility index (Phi) is 3.28. The summed E-state index contributed by atoms with van der Waals surface area (Å²) >= 11 is 2.10. The van der Waals surface area contributed by atoms with Gasteiger partial charge in [0.2, 0.25) is 0 Å². The van der Waals surface area contributed by atoms with Crippen LogP contribution < -0.4 is 5.73 Å². The summed E-state index contributed by atoms with van der Waals surface area (Å²) in [5, 5.41) is 19.9. The summed E-state index contributed by atoms with van der Waals surface area (Å²) in [7, 11) is 0. The molecular weight excluding hydrogens is 365 g/mol. The third-order valence-corrected chi connectivity index (χ3v) is 4.02. The molecule has 4 atom stereocenters. The first kappa shape index (κ1) is 13.0. The van der Waals surface area contributed by atoms with Crippen molar-refractivity contribution >= 4 is 39.6 Å². The molecule has 2 aromatic rings. The first-order valence-corrected chi connectivity index (χ1v) is 7.16. The van der Waals surface area contributed by atoms with E-state index < -0.39 is 24.5 Å². The van der Waals surface area contributed by atoms with Crippen LogP contribution in [0.5, 0.6) is 0 Å². The first-order chi connectivity index (χ1) is 9.13. The highest BCUT2D eigenvalue weighted by Gasteiger charge is 2.43. The number of imidazole rings is 1. The second kappa shape index (κ2) is 4.81. The summed E-state index contributed by atoms with van der Waals surface area (Å²) in [6, 6.07) is 0. The Labute approximate surface area is 121 Å². The second-order valence-corrected chi connectivity index (χ2v) is 5.16. The number of ether oxygens (including phenoxy) is 1. The van der Waals surface area contributed by atoms with Crippen LogP contribution in [0.3, 0.4) is 0 Å². The number of aliphatic hydroxyl groups excluding tert-OH is 2. The zero-order chi connectivity index (χ0) is 13.6. The Morgan fingerprint density at radius 3 is 2.79 bits per heavy atom. The number of hydrogen-bond acceptors (Lipinski definition) is 7. The van der Waals surface area contributed by atoms with Crippen LogP contribution in [0.2, 0.25) is 0 Å². The van der Waals surface area contributed by atoms with Gasteiger partial charge in [-0.1, -0.05) is 22.6 Å². The van der Waals surface area contributed by atoms with E-state index in [1.165, 1.54) is 12.7 Å². The SMILES string of the molecule is Nc1ncnc2c1ncn2[C@@H]1O[C@H](CI)[C@H](O)C1O. The van der Waals surface area contributed by atoms with Gasteiger partial charge in [0, 0.05) is 4.43 Å². The minimum atomic E-state index is -1.03. The summed E-state index contributed by atoms with van der Waals surface area (Å²) < 4.78 is 7.78. The number of anilines is 1. The van der Waals surface area contributed by atoms with Crippen molar-refractivity contribution in [1.82, 2.24) is 19.5 Å². The standard InChI is InChI=1S/C10H12IN5O3/c11-1-4-6(17)7(18)10(19-4)16-3-15-5-8(12)13-2-14-9(5)16/h2-4,6-7,10,17-18H,1H2,(H2,12,13,14)/t4-,6+,7?,10-/m1/s1. The summed E-state index contributed by atoms with van der Waals surface area (Å²) in [4.78, 5) is 12.1. The van der Waals surface area contributed by atoms with Crippen LogP contribution in [0, 0.1) is 0 Å². The number of nitrogens with two attached hydrogens (primary N) is 1. The monoisotopic (exact) mass is 377 g/mol. The van der Waals surface area contributed by atoms with Crippen molar-refractivity contribution in [3.8, 4) is 0 Å². The van der Waals surface area contributed by atoms with Crippen LogP contribution in [0.4, 0.5) is 5.82 Å². The Morgan fingerprint density at radius 2 is 2.11 bits per heavy atom. The van der Waals surface area contributed by atoms with E-state index >= 15 is 0 Å². The van der Waals surface area contributed by atoms with E-state index in [1.54, 1.807) is 4.57 Å². The van der Waals surface area contributed by atoms with Crippen molar-refractivity contribution in [1.29, 1.82) is 0 Å². The Balaban J connectivity index is 2.04. The van der Waals surface area contributed by atoms with Crippen molar-refractivity contribution in [2.24, 2.45) is 0 Å². The lowest BCUT2D eigenvalue weighted by Crippen LogP contribution is -2.32. The van der Waals surface area contributed by atoms with E-state index in [9.17, 15) is 10.2 Å². The van der Waals surface area contributed by atoms with Gasteiger partial charge >= 0.3 is 0 Å². The normalized spacial score (nSPS) is 31.1. The molecule has 0 spiro atoms. The van der Waals surface area contributed by atoms with E-state index in [0.717, 1.165) is 0 Å². The van der Waals surface area contributed by atoms with E-state index in [1.807, 2.05) is 0 Å². The van der Waals surface area contributed by atoms with Crippen molar-refractivity contribution in [2.75, 3.05) is 10.2 Å². The number of hydrogen-bond donors (Lipinski definition) is 3. The van der Waals surface area contributed by atoms with Crippen molar-refractivity contribution in [2.45, 2.75) is 24.5 Å². The fraction of sp³-hybridized carbons (Fsp3) is 0.500. The maximum Gasteiger partial charge on any atom is 0.167 e. The number of rotatable bonds is 2. The number of halogens is 1. The lowest BCUT2D eigenvalue weighted by Gasteiger charge is -2.16. The average Bonchev–Trinajstić information content (AvgIpc) is 2.94. The van der Waals surface area contributed by atoms with E-state index in [-0.39, 0.29) is 5.82 Å². The van der Waals surface area contributed by atoms with E-state index in [0.29, 0.717) is 15.6 Å². The summed E-state index contributed by atoms with van der Waals surface area (Å²) in [5.74, 6) is 0.266. The van der Waals surface area contributed by atoms with E-state index in [2.05, 4.69) is 37.5 Å². The fourth-order valence-electron chi connectivity index (χ4n) is 2.14. The molecule has 102 valence electrons. The number of nitrogens with zero attached hydrogens (tertiary/aromatic N) is 4. The minimum absolute atomic E-state index is 0.266. The maximum atomic E-state index is 10.1. The predicted octanol–water partition coefficient (Wildman–Crippen LogP) is -0.537. The van der Waals surface area contributed by atoms with Crippen molar-refractivity contribution < 1.29 is 14.9 Å². The highest BCUT2D eigenvalue weighted by Crippen LogP contribution is 2.32. The summed E-state index contributed by atoms with van der Waals surface area (Å²) in [5.41, 5.74) is 6.62. The van der Waals surface area contributed by atoms with Crippen LogP contribution in [-0.4, -0.2) is 52.5 Å². The van der Waals surface area contributed by atoms with E-state index in [4.69, 9.17) is 10.5 Å². The molecule has 1 unspecified atom stereocenters. The summed E-state index contributed by atoms with van der Waals surface area (Å²) in [6.45, 7) is 0. The number of alkyl halides is 1. The van der Waals surface area contributed by atoms with Gasteiger partial charge in [-0.25, -0.2) is 15.0 Å². The molecule has 3 rings (SSSR count). The lowest BCUT2D eigenvalue weighted by molar-refractivity contribution is -0.0283. The number of aromatic nitrogens is 4. The topological polar surface area (TPSA) is 119 Å². The molecule has 1 saturated heterocycles. The number of nitrogen functional groups attached to an aromatic ring is 1. The van der Waals surface area contributed by atoms with Gasteiger partial charge in [-0.3, -0.25) is 4.57 Å². The molecule has 0 amide bonds. The van der Waals surface area contributed by atoms with Gasteiger partial charge in [0.15, 0.2) is 17.7 Å². The van der Waals surface area contributed by atoms with Gasteiger partial charge in [-0.15, -0.1) is 0 Å². The average molecular weight is 377 g/mol. The molecule has 3 heterocycles. The number of fused-ring (bicyclic) bond motifs is 1. The van der Waals surface area contributed by atoms with Crippen LogP contribution >= 0.6 is 22.6 Å². The molecule has 9 heteroatoms. The molecular formula is C10H12IN5O3. The maximum absolute atomic E-state index is 10.1. The highest BCUT2D eigenvalue weighted by atomic mass is 127. The zero-order valence-electron chi connectivity index (χ0n) is 9.72. The first-order valence-electron chi connectivity index (χ1n) is 5.64. The van der Waals surface area contributed by atoms with Crippen LogP contribution in [0.1, 0.15) is 6.23 Å². The van der Waals surface area contributed by atoms with Gasteiger partial charge in [0.1, 0.15) is 24.1 Å².